The largest absolute Gasteiger partial charge is 0.321 e. The average Bonchev–Trinajstić information content (AvgIpc) is 3.43. The normalized spacial score (nSPS) is 20.0. The van der Waals surface area contributed by atoms with Gasteiger partial charge in [-0.1, -0.05) is 49.2 Å². The van der Waals surface area contributed by atoms with Crippen LogP contribution in [0.4, 0.5) is 0 Å². The van der Waals surface area contributed by atoms with Crippen LogP contribution in [0.5, 0.6) is 0 Å². The molecule has 1 saturated carbocycles. The van der Waals surface area contributed by atoms with Crippen molar-refractivity contribution in [2.45, 2.75) is 44.7 Å². The van der Waals surface area contributed by atoms with Crippen molar-refractivity contribution in [3.05, 3.63) is 69.5 Å². The smallest absolute Gasteiger partial charge is 0.256 e. The summed E-state index contributed by atoms with van der Waals surface area (Å²) in [6, 6.07) is 15.7. The number of hydrogen-bond acceptors (Lipinski definition) is 3. The molecule has 0 spiro atoms. The van der Waals surface area contributed by atoms with Crippen LogP contribution in [0, 0.1) is 0 Å². The van der Waals surface area contributed by atoms with Crippen LogP contribution in [0.1, 0.15) is 42.4 Å². The second kappa shape index (κ2) is 7.36. The summed E-state index contributed by atoms with van der Waals surface area (Å²) in [5.41, 5.74) is 6.23. The third kappa shape index (κ3) is 3.10. The molecule has 6 rings (SSSR count). The number of H-pyrrole nitrogens is 1. The van der Waals surface area contributed by atoms with Crippen LogP contribution in [-0.2, 0) is 13.0 Å². The molecule has 3 aliphatic rings. The number of benzene rings is 2. The van der Waals surface area contributed by atoms with E-state index in [4.69, 9.17) is 0 Å². The zero-order valence-electron chi connectivity index (χ0n) is 17.5. The number of piperazine rings is 1. The zero-order chi connectivity index (χ0) is 20.1. The second-order valence-electron chi connectivity index (χ2n) is 9.27. The molecule has 1 aromatic heterocycles. The van der Waals surface area contributed by atoms with Crippen LogP contribution in [-0.4, -0.2) is 47.0 Å². The number of nitrogens with zero attached hydrogens (tertiary/aromatic N) is 2. The lowest BCUT2D eigenvalue weighted by Crippen LogP contribution is -2.49. The predicted octanol–water partition coefficient (Wildman–Crippen LogP) is 4.16. The van der Waals surface area contributed by atoms with E-state index < -0.39 is 0 Å². The Morgan fingerprint density at radius 3 is 2.50 bits per heavy atom. The van der Waals surface area contributed by atoms with E-state index in [9.17, 15) is 4.79 Å². The van der Waals surface area contributed by atoms with Crippen molar-refractivity contribution in [1.82, 2.24) is 14.8 Å². The van der Waals surface area contributed by atoms with Crippen LogP contribution >= 0.6 is 0 Å². The van der Waals surface area contributed by atoms with Gasteiger partial charge in [0.05, 0.1) is 5.69 Å². The number of nitrogens with one attached hydrogen (secondary N) is 1. The van der Waals surface area contributed by atoms with E-state index in [1.165, 1.54) is 74.1 Å². The van der Waals surface area contributed by atoms with Crippen LogP contribution in [0.2, 0.25) is 0 Å². The van der Waals surface area contributed by atoms with Gasteiger partial charge in [-0.3, -0.25) is 14.6 Å². The second-order valence-corrected chi connectivity index (χ2v) is 9.27. The summed E-state index contributed by atoms with van der Waals surface area (Å²) in [6.07, 6.45) is 6.56. The molecule has 30 heavy (non-hydrogen) atoms. The fraction of sp³-hybridized carbons (Fsp3) is 0.423. The van der Waals surface area contributed by atoms with Crippen LogP contribution in [0.3, 0.4) is 0 Å². The van der Waals surface area contributed by atoms with Gasteiger partial charge in [0.2, 0.25) is 0 Å². The van der Waals surface area contributed by atoms with E-state index in [0.29, 0.717) is 0 Å². The monoisotopic (exact) mass is 399 g/mol. The highest BCUT2D eigenvalue weighted by Crippen LogP contribution is 2.38. The first-order valence-electron chi connectivity index (χ1n) is 11.5. The molecule has 154 valence electrons. The Balaban J connectivity index is 1.20. The summed E-state index contributed by atoms with van der Waals surface area (Å²) < 4.78 is 0. The third-order valence-corrected chi connectivity index (χ3v) is 7.50. The highest BCUT2D eigenvalue weighted by atomic mass is 16.1. The molecule has 2 heterocycles. The minimum absolute atomic E-state index is 0.0152. The highest BCUT2D eigenvalue weighted by Gasteiger charge is 2.27. The van der Waals surface area contributed by atoms with Gasteiger partial charge in [0.25, 0.3) is 5.56 Å². The molecule has 0 amide bonds. The Morgan fingerprint density at radius 2 is 1.70 bits per heavy atom. The summed E-state index contributed by atoms with van der Waals surface area (Å²) in [4.78, 5) is 21.0. The standard InChI is InChI=1S/C26H29N3O/c30-26-23-8-4-3-7-22(23)24-16-19-15-18(9-10-21(19)25(24)27-26)17-28-11-13-29(14-12-28)20-5-1-2-6-20/h3-4,7-10,15,20H,1-2,5-6,11-14,16-17H2,(H,27,30). The summed E-state index contributed by atoms with van der Waals surface area (Å²) in [5.74, 6) is 0. The molecule has 2 fully saturated rings. The van der Waals surface area contributed by atoms with Gasteiger partial charge in [-0.25, -0.2) is 0 Å². The maximum absolute atomic E-state index is 12.5. The summed E-state index contributed by atoms with van der Waals surface area (Å²) in [5, 5.41) is 1.89. The quantitative estimate of drug-likeness (QED) is 0.562. The minimum atomic E-state index is 0.0152. The third-order valence-electron chi connectivity index (χ3n) is 7.50. The molecule has 1 N–H and O–H groups in total. The SMILES string of the molecule is O=c1[nH]c2c(c3ccccc13)Cc1cc(CN3CCN(C4CCCC4)CC3)ccc1-2. The lowest BCUT2D eigenvalue weighted by Gasteiger charge is -2.38. The molecule has 3 aromatic rings. The fourth-order valence-electron chi connectivity index (χ4n) is 5.89. The molecule has 1 saturated heterocycles. The highest BCUT2D eigenvalue weighted by molar-refractivity contribution is 5.92. The lowest BCUT2D eigenvalue weighted by atomic mass is 10.0. The molecule has 4 heteroatoms. The molecule has 2 aromatic carbocycles. The van der Waals surface area contributed by atoms with E-state index in [0.717, 1.165) is 35.5 Å². The molecule has 4 nitrogen and oxygen atoms in total. The Bertz CT molecular complexity index is 1150. The van der Waals surface area contributed by atoms with E-state index in [-0.39, 0.29) is 5.56 Å². The van der Waals surface area contributed by atoms with Crippen LogP contribution in [0.25, 0.3) is 22.0 Å². The van der Waals surface area contributed by atoms with E-state index in [2.05, 4.69) is 39.0 Å². The molecule has 0 atom stereocenters. The van der Waals surface area contributed by atoms with Crippen molar-refractivity contribution in [1.29, 1.82) is 0 Å². The summed E-state index contributed by atoms with van der Waals surface area (Å²) in [7, 11) is 0. The van der Waals surface area contributed by atoms with Gasteiger partial charge in [0, 0.05) is 56.1 Å². The molecular formula is C26H29N3O. The maximum Gasteiger partial charge on any atom is 0.256 e. The van der Waals surface area contributed by atoms with Crippen LogP contribution in [0.15, 0.2) is 47.3 Å². The number of hydrogen-bond donors (Lipinski definition) is 1. The zero-order valence-corrected chi connectivity index (χ0v) is 17.5. The molecule has 1 aliphatic heterocycles. The first-order valence-corrected chi connectivity index (χ1v) is 11.5. The number of aromatic nitrogens is 1. The Morgan fingerprint density at radius 1 is 0.933 bits per heavy atom. The molecule has 0 radical (unpaired) electrons. The average molecular weight is 400 g/mol. The van der Waals surface area contributed by atoms with E-state index >= 15 is 0 Å². The van der Waals surface area contributed by atoms with Gasteiger partial charge in [-0.05, 0) is 41.0 Å². The molecule has 0 bridgehead atoms. The van der Waals surface area contributed by atoms with Crippen molar-refractivity contribution in [3.8, 4) is 11.3 Å². The molecule has 2 aliphatic carbocycles. The topological polar surface area (TPSA) is 39.3 Å². The van der Waals surface area contributed by atoms with Gasteiger partial charge in [0.1, 0.15) is 0 Å². The van der Waals surface area contributed by atoms with Gasteiger partial charge >= 0.3 is 0 Å². The maximum atomic E-state index is 12.5. The summed E-state index contributed by atoms with van der Waals surface area (Å²) in [6.45, 7) is 5.81. The number of aromatic amines is 1. The van der Waals surface area contributed by atoms with Crippen molar-refractivity contribution >= 4 is 10.8 Å². The van der Waals surface area contributed by atoms with Crippen molar-refractivity contribution < 1.29 is 0 Å². The van der Waals surface area contributed by atoms with Gasteiger partial charge in [0.15, 0.2) is 0 Å². The fourth-order valence-corrected chi connectivity index (χ4v) is 5.89. The van der Waals surface area contributed by atoms with E-state index in [1.54, 1.807) is 0 Å². The van der Waals surface area contributed by atoms with Gasteiger partial charge in [-0.15, -0.1) is 0 Å². The van der Waals surface area contributed by atoms with E-state index in [1.807, 2.05) is 18.2 Å². The number of rotatable bonds is 3. The first-order chi connectivity index (χ1) is 14.8. The van der Waals surface area contributed by atoms with Crippen molar-refractivity contribution in [3.63, 3.8) is 0 Å². The Hall–Kier alpha value is -2.43. The predicted molar refractivity (Wildman–Crippen MR) is 122 cm³/mol. The Labute approximate surface area is 177 Å². The van der Waals surface area contributed by atoms with Crippen molar-refractivity contribution in [2.75, 3.05) is 26.2 Å². The van der Waals surface area contributed by atoms with Gasteiger partial charge in [-0.2, -0.15) is 0 Å². The first kappa shape index (κ1) is 18.3. The Kier molecular flexibility index (Phi) is 4.50. The molecular weight excluding hydrogens is 370 g/mol. The minimum Gasteiger partial charge on any atom is -0.321 e. The molecule has 0 unspecified atom stereocenters. The van der Waals surface area contributed by atoms with Gasteiger partial charge < -0.3 is 4.98 Å². The number of pyridine rings is 1. The lowest BCUT2D eigenvalue weighted by molar-refractivity contribution is 0.0937. The van der Waals surface area contributed by atoms with Crippen molar-refractivity contribution in [2.24, 2.45) is 0 Å². The van der Waals surface area contributed by atoms with Crippen LogP contribution < -0.4 is 5.56 Å². The number of fused-ring (bicyclic) bond motifs is 5. The summed E-state index contributed by atoms with van der Waals surface area (Å²) >= 11 is 0.